The summed E-state index contributed by atoms with van der Waals surface area (Å²) in [5.74, 6) is -6.22. The van der Waals surface area contributed by atoms with E-state index >= 15 is 0 Å². The lowest BCUT2D eigenvalue weighted by molar-refractivity contribution is 0.103. The molecule has 0 aliphatic heterocycles. The van der Waals surface area contributed by atoms with Gasteiger partial charge in [-0.05, 0) is 23.8 Å². The quantitative estimate of drug-likeness (QED) is 0.250. The normalized spacial score (nSPS) is 15.7. The highest BCUT2D eigenvalue weighted by molar-refractivity contribution is 6.33. The number of fused-ring (bicyclic) bond motifs is 4. The zero-order valence-corrected chi connectivity index (χ0v) is 15.9. The number of nitrogens with zero attached hydrogens (tertiary/aromatic N) is 3. The average molecular weight is 427 g/mol. The molecule has 5 rings (SSSR count). The SMILES string of the molecule is N#CC(C#N)=C1/C(=C2/c3cccnc3-c3c(O)cccc32)C(=O)c2c1cc(F)c(F)c2F. The first-order chi connectivity index (χ1) is 15.4. The first kappa shape index (κ1) is 19.3. The molecular weight excluding hydrogens is 419 g/mol. The van der Waals surface area contributed by atoms with Crippen molar-refractivity contribution in [3.63, 3.8) is 0 Å². The molecule has 8 heteroatoms. The third-order valence-electron chi connectivity index (χ3n) is 5.49. The fourth-order valence-electron chi connectivity index (χ4n) is 4.24. The van der Waals surface area contributed by atoms with Crippen molar-refractivity contribution in [3.8, 4) is 29.1 Å². The Labute approximate surface area is 178 Å². The molecule has 2 aliphatic carbocycles. The van der Waals surface area contributed by atoms with Gasteiger partial charge in [0.1, 0.15) is 23.5 Å². The van der Waals surface area contributed by atoms with E-state index in [9.17, 15) is 33.6 Å². The molecule has 0 fully saturated rings. The van der Waals surface area contributed by atoms with Crippen molar-refractivity contribution in [2.24, 2.45) is 0 Å². The van der Waals surface area contributed by atoms with E-state index in [0.29, 0.717) is 28.5 Å². The van der Waals surface area contributed by atoms with Gasteiger partial charge >= 0.3 is 0 Å². The van der Waals surface area contributed by atoms with Crippen LogP contribution >= 0.6 is 0 Å². The number of hydrogen-bond acceptors (Lipinski definition) is 5. The number of benzene rings is 2. The summed E-state index contributed by atoms with van der Waals surface area (Å²) in [4.78, 5) is 17.7. The summed E-state index contributed by atoms with van der Waals surface area (Å²) in [7, 11) is 0. The van der Waals surface area contributed by atoms with Crippen molar-refractivity contribution >= 4 is 16.9 Å². The maximum Gasteiger partial charge on any atom is 0.198 e. The second-order valence-electron chi connectivity index (χ2n) is 7.06. The second kappa shape index (κ2) is 6.66. The molecule has 1 N–H and O–H groups in total. The number of allylic oxidation sites excluding steroid dienone is 3. The van der Waals surface area contributed by atoms with E-state index in [-0.39, 0.29) is 28.0 Å². The Bertz CT molecular complexity index is 1540. The third kappa shape index (κ3) is 2.32. The summed E-state index contributed by atoms with van der Waals surface area (Å²) >= 11 is 0. The lowest BCUT2D eigenvalue weighted by atomic mass is 9.91. The Kier molecular flexibility index (Phi) is 4.01. The van der Waals surface area contributed by atoms with Crippen LogP contribution in [-0.2, 0) is 0 Å². The first-order valence-corrected chi connectivity index (χ1v) is 9.20. The molecule has 0 spiro atoms. The molecular formula is C24H8F3N3O2. The average Bonchev–Trinajstić information content (AvgIpc) is 3.26. The number of carbonyl (C=O) groups excluding carboxylic acids is 1. The van der Waals surface area contributed by atoms with E-state index in [4.69, 9.17) is 0 Å². The van der Waals surface area contributed by atoms with Crippen molar-refractivity contribution in [2.75, 3.05) is 0 Å². The van der Waals surface area contributed by atoms with E-state index in [2.05, 4.69) is 4.98 Å². The van der Waals surface area contributed by atoms with Crippen molar-refractivity contribution in [2.45, 2.75) is 0 Å². The maximum atomic E-state index is 14.7. The number of carbonyl (C=O) groups is 1. The number of pyridine rings is 1. The molecule has 0 unspecified atom stereocenters. The van der Waals surface area contributed by atoms with Gasteiger partial charge in [0, 0.05) is 34.0 Å². The number of phenolic OH excluding ortho intramolecular Hbond substituents is 1. The van der Waals surface area contributed by atoms with Gasteiger partial charge in [-0.1, -0.05) is 18.2 Å². The van der Waals surface area contributed by atoms with Gasteiger partial charge in [0.25, 0.3) is 0 Å². The molecule has 0 saturated carbocycles. The van der Waals surface area contributed by atoms with Crippen LogP contribution in [0.25, 0.3) is 22.4 Å². The highest BCUT2D eigenvalue weighted by Gasteiger charge is 2.42. The molecule has 32 heavy (non-hydrogen) atoms. The van der Waals surface area contributed by atoms with Gasteiger partial charge in [-0.25, -0.2) is 13.2 Å². The molecule has 5 nitrogen and oxygen atoms in total. The number of phenols is 1. The maximum absolute atomic E-state index is 14.7. The summed E-state index contributed by atoms with van der Waals surface area (Å²) in [5.41, 5.74) is -0.717. The molecule has 1 aromatic heterocycles. The van der Waals surface area contributed by atoms with Crippen LogP contribution in [0.4, 0.5) is 13.2 Å². The van der Waals surface area contributed by atoms with Crippen LogP contribution in [0.3, 0.4) is 0 Å². The van der Waals surface area contributed by atoms with Gasteiger partial charge in [-0.3, -0.25) is 9.78 Å². The Morgan fingerprint density at radius 1 is 0.906 bits per heavy atom. The van der Waals surface area contributed by atoms with Crippen LogP contribution in [0.15, 0.2) is 53.7 Å². The van der Waals surface area contributed by atoms with Crippen molar-refractivity contribution in [1.82, 2.24) is 4.98 Å². The predicted octanol–water partition coefficient (Wildman–Crippen LogP) is 4.68. The van der Waals surface area contributed by atoms with Crippen LogP contribution < -0.4 is 0 Å². The number of rotatable bonds is 0. The number of aromatic hydroxyl groups is 1. The fourth-order valence-corrected chi connectivity index (χ4v) is 4.24. The summed E-state index contributed by atoms with van der Waals surface area (Å²) in [5, 5.41) is 29.5. The van der Waals surface area contributed by atoms with Crippen molar-refractivity contribution < 1.29 is 23.1 Å². The number of Topliss-reactive ketones (excluding diaryl/α,β-unsaturated/α-hetero) is 1. The van der Waals surface area contributed by atoms with Gasteiger partial charge in [0.2, 0.25) is 0 Å². The largest absolute Gasteiger partial charge is 0.507 e. The molecule has 2 aliphatic rings. The number of hydrogen-bond donors (Lipinski definition) is 1. The van der Waals surface area contributed by atoms with Crippen LogP contribution in [0, 0.1) is 40.1 Å². The lowest BCUT2D eigenvalue weighted by Crippen LogP contribution is -2.04. The minimum absolute atomic E-state index is 0.129. The zero-order chi connectivity index (χ0) is 22.7. The summed E-state index contributed by atoms with van der Waals surface area (Å²) in [6.45, 7) is 0. The number of aromatic nitrogens is 1. The summed E-state index contributed by atoms with van der Waals surface area (Å²) in [6.07, 6.45) is 1.48. The second-order valence-corrected chi connectivity index (χ2v) is 7.06. The fraction of sp³-hybridized carbons (Fsp3) is 0. The van der Waals surface area contributed by atoms with Crippen LogP contribution in [0.5, 0.6) is 5.75 Å². The minimum atomic E-state index is -1.83. The summed E-state index contributed by atoms with van der Waals surface area (Å²) < 4.78 is 42.7. The lowest BCUT2D eigenvalue weighted by Gasteiger charge is -2.09. The molecule has 0 saturated heterocycles. The highest BCUT2D eigenvalue weighted by atomic mass is 19.2. The predicted molar refractivity (Wildman–Crippen MR) is 106 cm³/mol. The molecule has 0 radical (unpaired) electrons. The van der Waals surface area contributed by atoms with E-state index < -0.39 is 34.4 Å². The Hall–Kier alpha value is -4.69. The topological polar surface area (TPSA) is 97.8 Å². The molecule has 0 atom stereocenters. The standard InChI is InChI=1S/C24H8F3N3O2/c25-14-7-13-16(10(8-28)9-29)20(24(32)19(13)22(27)21(14)26)17-11-3-1-5-15(31)18(11)23-12(17)4-2-6-30-23/h1-7,31H/b20-17-. The number of nitriles is 2. The number of halogens is 3. The van der Waals surface area contributed by atoms with Crippen molar-refractivity contribution in [1.29, 1.82) is 10.5 Å². The Morgan fingerprint density at radius 2 is 1.62 bits per heavy atom. The first-order valence-electron chi connectivity index (χ1n) is 9.20. The minimum Gasteiger partial charge on any atom is -0.507 e. The zero-order valence-electron chi connectivity index (χ0n) is 15.9. The third-order valence-corrected chi connectivity index (χ3v) is 5.49. The molecule has 2 aromatic carbocycles. The van der Waals surface area contributed by atoms with E-state index in [1.807, 2.05) is 0 Å². The molecule has 0 amide bonds. The molecule has 3 aromatic rings. The Morgan fingerprint density at radius 3 is 2.34 bits per heavy atom. The Balaban J connectivity index is 2.01. The molecule has 1 heterocycles. The molecule has 0 bridgehead atoms. The van der Waals surface area contributed by atoms with Gasteiger partial charge in [-0.2, -0.15) is 10.5 Å². The van der Waals surface area contributed by atoms with E-state index in [0.717, 1.165) is 0 Å². The van der Waals surface area contributed by atoms with Gasteiger partial charge < -0.3 is 5.11 Å². The van der Waals surface area contributed by atoms with E-state index in [1.54, 1.807) is 30.3 Å². The highest BCUT2D eigenvalue weighted by Crippen LogP contribution is 2.53. The van der Waals surface area contributed by atoms with Gasteiger partial charge in [0.05, 0.1) is 16.8 Å². The van der Waals surface area contributed by atoms with Gasteiger partial charge in [0.15, 0.2) is 23.2 Å². The van der Waals surface area contributed by atoms with Crippen LogP contribution in [0.1, 0.15) is 27.0 Å². The van der Waals surface area contributed by atoms with Gasteiger partial charge in [-0.15, -0.1) is 0 Å². The van der Waals surface area contributed by atoms with Crippen molar-refractivity contribution in [3.05, 3.63) is 93.4 Å². The van der Waals surface area contributed by atoms with E-state index in [1.165, 1.54) is 18.3 Å². The number of ketones is 1. The van der Waals surface area contributed by atoms with Crippen LogP contribution in [0.2, 0.25) is 0 Å². The molecule has 152 valence electrons. The van der Waals surface area contributed by atoms with Crippen LogP contribution in [-0.4, -0.2) is 15.9 Å². The monoisotopic (exact) mass is 427 g/mol. The summed E-state index contributed by atoms with van der Waals surface area (Å²) in [6, 6.07) is 11.6. The smallest absolute Gasteiger partial charge is 0.198 e.